The van der Waals surface area contributed by atoms with Gasteiger partial charge in [0.15, 0.2) is 0 Å². The van der Waals surface area contributed by atoms with Gasteiger partial charge in [-0.25, -0.2) is 4.68 Å². The monoisotopic (exact) mass is 259 g/mol. The van der Waals surface area contributed by atoms with Crippen LogP contribution in [-0.2, 0) is 11.2 Å². The van der Waals surface area contributed by atoms with Crippen LogP contribution >= 0.6 is 0 Å². The summed E-state index contributed by atoms with van der Waals surface area (Å²) in [5, 5.41) is 15.6. The number of aliphatic hydroxyl groups is 1. The molecule has 1 heterocycles. The number of rotatable bonds is 6. The molecule has 1 aromatic carbocycles. The van der Waals surface area contributed by atoms with Crippen LogP contribution in [0.3, 0.4) is 0 Å². The van der Waals surface area contributed by atoms with E-state index in [0.29, 0.717) is 19.4 Å². The lowest BCUT2D eigenvalue weighted by Gasteiger charge is -2.02. The molecule has 2 rings (SSSR count). The summed E-state index contributed by atoms with van der Waals surface area (Å²) in [6.45, 7) is 0.592. The topological polar surface area (TPSA) is 67.2 Å². The number of hydrogen-bond acceptors (Lipinski definition) is 3. The maximum atomic E-state index is 11.6. The van der Waals surface area contributed by atoms with Crippen LogP contribution in [0.15, 0.2) is 42.7 Å². The van der Waals surface area contributed by atoms with E-state index in [0.717, 1.165) is 11.3 Å². The summed E-state index contributed by atoms with van der Waals surface area (Å²) in [4.78, 5) is 11.6. The summed E-state index contributed by atoms with van der Waals surface area (Å²) >= 11 is 0. The van der Waals surface area contributed by atoms with Crippen molar-refractivity contribution in [3.05, 3.63) is 48.3 Å². The Morgan fingerprint density at radius 1 is 1.32 bits per heavy atom. The molecular formula is C14H17N3O2. The van der Waals surface area contributed by atoms with E-state index in [-0.39, 0.29) is 12.5 Å². The number of carbonyl (C=O) groups excluding carboxylic acids is 1. The first-order chi connectivity index (χ1) is 9.29. The maximum Gasteiger partial charge on any atom is 0.224 e. The van der Waals surface area contributed by atoms with Gasteiger partial charge in [0.25, 0.3) is 0 Å². The molecule has 0 aliphatic rings. The zero-order chi connectivity index (χ0) is 13.5. The van der Waals surface area contributed by atoms with E-state index < -0.39 is 0 Å². The molecule has 0 aliphatic carbocycles. The number of amides is 1. The molecule has 2 aromatic rings. The number of aliphatic hydroxyl groups excluding tert-OH is 1. The second-order valence-corrected chi connectivity index (χ2v) is 4.23. The Morgan fingerprint density at radius 2 is 2.11 bits per heavy atom. The van der Waals surface area contributed by atoms with Gasteiger partial charge in [0, 0.05) is 19.3 Å². The molecule has 5 nitrogen and oxygen atoms in total. The molecule has 5 heteroatoms. The highest BCUT2D eigenvalue weighted by Crippen LogP contribution is 2.07. The lowest BCUT2D eigenvalue weighted by Crippen LogP contribution is -2.26. The molecule has 100 valence electrons. The molecule has 0 saturated carbocycles. The van der Waals surface area contributed by atoms with Crippen molar-refractivity contribution in [3.63, 3.8) is 0 Å². The minimum atomic E-state index is -0.0546. The molecule has 0 aliphatic heterocycles. The van der Waals surface area contributed by atoms with E-state index in [1.54, 1.807) is 10.9 Å². The third-order valence-electron chi connectivity index (χ3n) is 2.68. The molecule has 0 fully saturated rings. The van der Waals surface area contributed by atoms with Crippen molar-refractivity contribution in [2.45, 2.75) is 12.8 Å². The summed E-state index contributed by atoms with van der Waals surface area (Å²) in [5.74, 6) is -0.0546. The Hall–Kier alpha value is -2.14. The van der Waals surface area contributed by atoms with Crippen LogP contribution in [0.4, 0.5) is 0 Å². The molecule has 2 N–H and O–H groups in total. The van der Waals surface area contributed by atoms with Crippen LogP contribution in [0.1, 0.15) is 12.0 Å². The maximum absolute atomic E-state index is 11.6. The fourth-order valence-corrected chi connectivity index (χ4v) is 1.73. The standard InChI is InChI=1S/C14H17N3O2/c18-8-4-7-15-14(19)9-12-10-16-17(11-12)13-5-2-1-3-6-13/h1-3,5-6,10-11,18H,4,7-9H2,(H,15,19). The average Bonchev–Trinajstić information content (AvgIpc) is 2.88. The van der Waals surface area contributed by atoms with E-state index in [2.05, 4.69) is 10.4 Å². The van der Waals surface area contributed by atoms with Crippen molar-refractivity contribution >= 4 is 5.91 Å². The van der Waals surface area contributed by atoms with Crippen LogP contribution in [-0.4, -0.2) is 33.9 Å². The van der Waals surface area contributed by atoms with Gasteiger partial charge in [-0.05, 0) is 24.1 Å². The number of nitrogens with zero attached hydrogens (tertiary/aromatic N) is 2. The molecule has 0 spiro atoms. The largest absolute Gasteiger partial charge is 0.396 e. The lowest BCUT2D eigenvalue weighted by molar-refractivity contribution is -0.120. The molecular weight excluding hydrogens is 242 g/mol. The number of benzene rings is 1. The molecule has 0 atom stereocenters. The summed E-state index contributed by atoms with van der Waals surface area (Å²) in [7, 11) is 0. The van der Waals surface area contributed by atoms with Crippen molar-refractivity contribution in [1.82, 2.24) is 15.1 Å². The summed E-state index contributed by atoms with van der Waals surface area (Å²) in [6, 6.07) is 9.75. The molecule has 19 heavy (non-hydrogen) atoms. The summed E-state index contributed by atoms with van der Waals surface area (Å²) < 4.78 is 1.75. The van der Waals surface area contributed by atoms with E-state index in [1.807, 2.05) is 36.5 Å². The molecule has 0 radical (unpaired) electrons. The Kier molecular flexibility index (Phi) is 4.69. The van der Waals surface area contributed by atoms with Crippen molar-refractivity contribution in [3.8, 4) is 5.69 Å². The minimum Gasteiger partial charge on any atom is -0.396 e. The Morgan fingerprint density at radius 3 is 2.84 bits per heavy atom. The predicted octanol–water partition coefficient (Wildman–Crippen LogP) is 0.913. The third kappa shape index (κ3) is 3.93. The van der Waals surface area contributed by atoms with Gasteiger partial charge in [0.05, 0.1) is 18.3 Å². The Balaban J connectivity index is 1.93. The van der Waals surface area contributed by atoms with Gasteiger partial charge >= 0.3 is 0 Å². The molecule has 0 saturated heterocycles. The first-order valence-corrected chi connectivity index (χ1v) is 6.26. The van der Waals surface area contributed by atoms with Crippen LogP contribution in [0, 0.1) is 0 Å². The lowest BCUT2D eigenvalue weighted by atomic mass is 10.2. The highest BCUT2D eigenvalue weighted by atomic mass is 16.3. The number of aromatic nitrogens is 2. The van der Waals surface area contributed by atoms with Crippen LogP contribution < -0.4 is 5.32 Å². The fourth-order valence-electron chi connectivity index (χ4n) is 1.73. The summed E-state index contributed by atoms with van der Waals surface area (Å²) in [5.41, 5.74) is 1.83. The highest BCUT2D eigenvalue weighted by molar-refractivity contribution is 5.78. The second-order valence-electron chi connectivity index (χ2n) is 4.23. The summed E-state index contributed by atoms with van der Waals surface area (Å²) in [6.07, 6.45) is 4.42. The van der Waals surface area contributed by atoms with Gasteiger partial charge in [-0.2, -0.15) is 5.10 Å². The SMILES string of the molecule is O=C(Cc1cnn(-c2ccccc2)c1)NCCCO. The van der Waals surface area contributed by atoms with Gasteiger partial charge in [-0.1, -0.05) is 18.2 Å². The van der Waals surface area contributed by atoms with Gasteiger partial charge in [0.1, 0.15) is 0 Å². The molecule has 1 amide bonds. The van der Waals surface area contributed by atoms with Crippen molar-refractivity contribution in [1.29, 1.82) is 0 Å². The Bertz CT molecular complexity index is 522. The average molecular weight is 259 g/mol. The number of nitrogens with one attached hydrogen (secondary N) is 1. The van der Waals surface area contributed by atoms with E-state index in [1.165, 1.54) is 0 Å². The van der Waals surface area contributed by atoms with E-state index >= 15 is 0 Å². The molecule has 0 bridgehead atoms. The zero-order valence-corrected chi connectivity index (χ0v) is 10.6. The minimum absolute atomic E-state index is 0.0546. The fraction of sp³-hybridized carbons (Fsp3) is 0.286. The first kappa shape index (κ1) is 13.3. The van der Waals surface area contributed by atoms with Gasteiger partial charge in [0.2, 0.25) is 5.91 Å². The Labute approximate surface area is 111 Å². The second kappa shape index (κ2) is 6.70. The zero-order valence-electron chi connectivity index (χ0n) is 10.6. The van der Waals surface area contributed by atoms with Gasteiger partial charge in [-0.3, -0.25) is 4.79 Å². The van der Waals surface area contributed by atoms with Crippen molar-refractivity contribution in [2.24, 2.45) is 0 Å². The van der Waals surface area contributed by atoms with Crippen molar-refractivity contribution < 1.29 is 9.90 Å². The van der Waals surface area contributed by atoms with E-state index in [4.69, 9.17) is 5.11 Å². The van der Waals surface area contributed by atoms with Gasteiger partial charge < -0.3 is 10.4 Å². The highest BCUT2D eigenvalue weighted by Gasteiger charge is 2.06. The van der Waals surface area contributed by atoms with E-state index in [9.17, 15) is 4.79 Å². The third-order valence-corrected chi connectivity index (χ3v) is 2.68. The van der Waals surface area contributed by atoms with Crippen LogP contribution in [0.25, 0.3) is 5.69 Å². The number of hydrogen-bond donors (Lipinski definition) is 2. The van der Waals surface area contributed by atoms with Crippen LogP contribution in [0.2, 0.25) is 0 Å². The number of carbonyl (C=O) groups is 1. The smallest absolute Gasteiger partial charge is 0.224 e. The van der Waals surface area contributed by atoms with Crippen molar-refractivity contribution in [2.75, 3.05) is 13.2 Å². The normalized spacial score (nSPS) is 10.4. The van der Waals surface area contributed by atoms with Crippen LogP contribution in [0.5, 0.6) is 0 Å². The quantitative estimate of drug-likeness (QED) is 0.758. The predicted molar refractivity (Wildman–Crippen MR) is 72.0 cm³/mol. The van der Waals surface area contributed by atoms with Gasteiger partial charge in [-0.15, -0.1) is 0 Å². The first-order valence-electron chi connectivity index (χ1n) is 6.26. The molecule has 0 unspecified atom stereocenters. The number of para-hydroxylation sites is 1. The molecule has 1 aromatic heterocycles.